The molecule has 3 aromatic carbocycles. The van der Waals surface area contributed by atoms with E-state index in [0.29, 0.717) is 0 Å². The van der Waals surface area contributed by atoms with Crippen molar-refractivity contribution in [3.63, 3.8) is 0 Å². The molecule has 5 rings (SSSR count). The third-order valence-corrected chi connectivity index (χ3v) is 6.91. The Hall–Kier alpha value is -4.40. The van der Waals surface area contributed by atoms with Crippen molar-refractivity contribution in [2.75, 3.05) is 0 Å². The Balaban J connectivity index is 1.89. The molecule has 0 aliphatic carbocycles. The van der Waals surface area contributed by atoms with Crippen molar-refractivity contribution < 1.29 is 0 Å². The summed E-state index contributed by atoms with van der Waals surface area (Å²) in [5, 5.41) is 1.93. The van der Waals surface area contributed by atoms with Crippen LogP contribution in [0, 0.1) is 66.2 Å². The van der Waals surface area contributed by atoms with Gasteiger partial charge in [0, 0.05) is 21.9 Å². The minimum absolute atomic E-state index is 0.780. The number of pyridine rings is 2. The Kier molecular flexibility index (Phi) is 5.62. The molecule has 174 valence electrons. The number of nitrogens with zero attached hydrogens (tertiary/aromatic N) is 2. The molecule has 36 heavy (non-hydrogen) atoms. The molecule has 0 unspecified atom stereocenters. The lowest BCUT2D eigenvalue weighted by Crippen LogP contribution is -2.00. The number of hydrogen-bond donors (Lipinski definition) is 0. The van der Waals surface area contributed by atoms with Crippen LogP contribution in [0.15, 0.2) is 48.5 Å². The van der Waals surface area contributed by atoms with Crippen molar-refractivity contribution in [3.05, 3.63) is 93.0 Å². The third-order valence-electron chi connectivity index (χ3n) is 6.91. The van der Waals surface area contributed by atoms with Crippen molar-refractivity contribution in [1.29, 1.82) is 0 Å². The van der Waals surface area contributed by atoms with Gasteiger partial charge in [-0.2, -0.15) is 0 Å². The number of benzene rings is 3. The molecular weight excluding hydrogens is 436 g/mol. The maximum Gasteiger partial charge on any atom is 0.0973 e. The van der Waals surface area contributed by atoms with E-state index < -0.39 is 0 Å². The summed E-state index contributed by atoms with van der Waals surface area (Å²) in [6.45, 7) is 12.7. The molecule has 0 spiro atoms. The smallest absolute Gasteiger partial charge is 0.0973 e. The van der Waals surface area contributed by atoms with Crippen LogP contribution in [-0.2, 0) is 0 Å². The standard InChI is InChI=1S/C34H28N2/c1-9-25-17-27-11-12-28-18-26(10-2)32(30-23(7)15-20(4)16-24(30)8)36-34(28)33(27)35-31(25)29-21(5)13-19(3)14-22(29)6/h1-2,11-18H,3-8H3. The molecule has 0 bridgehead atoms. The first-order valence-electron chi connectivity index (χ1n) is 12.1. The zero-order valence-corrected chi connectivity index (χ0v) is 21.7. The molecule has 2 heteroatoms. The van der Waals surface area contributed by atoms with Gasteiger partial charge < -0.3 is 0 Å². The average molecular weight is 465 g/mol. The van der Waals surface area contributed by atoms with E-state index in [0.717, 1.165) is 77.7 Å². The van der Waals surface area contributed by atoms with E-state index in [1.807, 2.05) is 12.1 Å². The fraction of sp³-hybridized carbons (Fsp3) is 0.176. The van der Waals surface area contributed by atoms with Crippen LogP contribution >= 0.6 is 0 Å². The van der Waals surface area contributed by atoms with E-state index in [-0.39, 0.29) is 0 Å². The molecule has 5 aromatic rings. The van der Waals surface area contributed by atoms with Crippen LogP contribution in [0.3, 0.4) is 0 Å². The highest BCUT2D eigenvalue weighted by molar-refractivity contribution is 6.05. The summed E-state index contributed by atoms with van der Waals surface area (Å²) in [4.78, 5) is 10.4. The summed E-state index contributed by atoms with van der Waals surface area (Å²) in [6, 6.07) is 16.9. The Labute approximate surface area is 213 Å². The zero-order chi connectivity index (χ0) is 25.7. The van der Waals surface area contributed by atoms with Gasteiger partial charge in [0.2, 0.25) is 0 Å². The van der Waals surface area contributed by atoms with Crippen molar-refractivity contribution in [2.24, 2.45) is 0 Å². The molecule has 2 nitrogen and oxygen atoms in total. The highest BCUT2D eigenvalue weighted by Crippen LogP contribution is 2.36. The van der Waals surface area contributed by atoms with E-state index in [2.05, 4.69) is 89.8 Å². The predicted molar refractivity (Wildman–Crippen MR) is 152 cm³/mol. The Morgan fingerprint density at radius 2 is 0.861 bits per heavy atom. The minimum Gasteiger partial charge on any atom is -0.244 e. The van der Waals surface area contributed by atoms with Gasteiger partial charge in [0.05, 0.1) is 33.5 Å². The third kappa shape index (κ3) is 3.73. The van der Waals surface area contributed by atoms with E-state index in [4.69, 9.17) is 22.8 Å². The van der Waals surface area contributed by atoms with Gasteiger partial charge in [0.25, 0.3) is 0 Å². The summed E-state index contributed by atoms with van der Waals surface area (Å²) in [5.74, 6) is 5.74. The molecule has 0 N–H and O–H groups in total. The highest BCUT2D eigenvalue weighted by atomic mass is 14.8. The molecule has 0 radical (unpaired) electrons. The van der Waals surface area contributed by atoms with Gasteiger partial charge in [-0.3, -0.25) is 0 Å². The molecular formula is C34H28N2. The number of aromatic nitrogens is 2. The van der Waals surface area contributed by atoms with Crippen molar-refractivity contribution >= 4 is 21.8 Å². The fourth-order valence-electron chi connectivity index (χ4n) is 5.58. The summed E-state index contributed by atoms with van der Waals surface area (Å²) < 4.78 is 0. The summed E-state index contributed by atoms with van der Waals surface area (Å²) in [6.07, 6.45) is 12.0. The van der Waals surface area contributed by atoms with Gasteiger partial charge >= 0.3 is 0 Å². The van der Waals surface area contributed by atoms with Crippen LogP contribution in [0.4, 0.5) is 0 Å². The first-order chi connectivity index (χ1) is 17.2. The lowest BCUT2D eigenvalue weighted by atomic mass is 9.92. The van der Waals surface area contributed by atoms with Gasteiger partial charge in [-0.15, -0.1) is 12.8 Å². The first kappa shape index (κ1) is 23.3. The lowest BCUT2D eigenvalue weighted by Gasteiger charge is -2.16. The van der Waals surface area contributed by atoms with Gasteiger partial charge in [-0.05, 0) is 75.9 Å². The van der Waals surface area contributed by atoms with Crippen LogP contribution in [0.1, 0.15) is 44.5 Å². The Bertz CT molecular complexity index is 1630. The zero-order valence-electron chi connectivity index (χ0n) is 21.7. The van der Waals surface area contributed by atoms with Gasteiger partial charge in [-0.1, -0.05) is 59.4 Å². The Morgan fingerprint density at radius 3 is 1.17 bits per heavy atom. The van der Waals surface area contributed by atoms with Gasteiger partial charge in [-0.25, -0.2) is 9.97 Å². The number of terminal acetylenes is 2. The second-order valence-electron chi connectivity index (χ2n) is 9.81. The van der Waals surface area contributed by atoms with Gasteiger partial charge in [0.1, 0.15) is 0 Å². The van der Waals surface area contributed by atoms with Crippen molar-refractivity contribution in [1.82, 2.24) is 9.97 Å². The van der Waals surface area contributed by atoms with Crippen LogP contribution in [0.5, 0.6) is 0 Å². The minimum atomic E-state index is 0.780. The quantitative estimate of drug-likeness (QED) is 0.196. The SMILES string of the molecule is C#Cc1cc2ccc3cc(C#C)c(-c4c(C)cc(C)cc4C)nc3c2nc1-c1c(C)cc(C)cc1C. The van der Waals surface area contributed by atoms with Crippen LogP contribution in [-0.4, -0.2) is 9.97 Å². The fourth-order valence-corrected chi connectivity index (χ4v) is 5.58. The summed E-state index contributed by atoms with van der Waals surface area (Å²) >= 11 is 0. The van der Waals surface area contributed by atoms with Crippen molar-refractivity contribution in [2.45, 2.75) is 41.5 Å². The lowest BCUT2D eigenvalue weighted by molar-refractivity contribution is 1.27. The van der Waals surface area contributed by atoms with Crippen LogP contribution in [0.2, 0.25) is 0 Å². The highest BCUT2D eigenvalue weighted by Gasteiger charge is 2.18. The maximum atomic E-state index is 5.98. The topological polar surface area (TPSA) is 25.8 Å². The van der Waals surface area contributed by atoms with Crippen LogP contribution in [0.25, 0.3) is 44.3 Å². The number of aryl methyl sites for hydroxylation is 6. The molecule has 0 atom stereocenters. The number of hydrogen-bond acceptors (Lipinski definition) is 2. The number of fused-ring (bicyclic) bond motifs is 3. The largest absolute Gasteiger partial charge is 0.244 e. The van der Waals surface area contributed by atoms with Crippen molar-refractivity contribution in [3.8, 4) is 47.2 Å². The first-order valence-corrected chi connectivity index (χ1v) is 12.1. The molecule has 0 amide bonds. The molecule has 2 aromatic heterocycles. The van der Waals surface area contributed by atoms with E-state index >= 15 is 0 Å². The number of rotatable bonds is 2. The predicted octanol–water partition coefficient (Wildman–Crippen LogP) is 7.93. The van der Waals surface area contributed by atoms with Gasteiger partial charge in [0.15, 0.2) is 0 Å². The van der Waals surface area contributed by atoms with E-state index in [1.54, 1.807) is 0 Å². The molecule has 0 aliphatic rings. The van der Waals surface area contributed by atoms with E-state index in [1.165, 1.54) is 11.1 Å². The molecule has 0 aliphatic heterocycles. The maximum absolute atomic E-state index is 5.98. The molecule has 2 heterocycles. The molecule has 0 saturated heterocycles. The monoisotopic (exact) mass is 464 g/mol. The second kappa shape index (κ2) is 8.67. The summed E-state index contributed by atoms with van der Waals surface area (Å²) in [5.41, 5.74) is 14.1. The normalized spacial score (nSPS) is 11.0. The molecule has 0 saturated carbocycles. The summed E-state index contributed by atoms with van der Waals surface area (Å²) in [7, 11) is 0. The van der Waals surface area contributed by atoms with Crippen LogP contribution < -0.4 is 0 Å². The van der Waals surface area contributed by atoms with E-state index in [9.17, 15) is 0 Å². The Morgan fingerprint density at radius 1 is 0.528 bits per heavy atom. The molecule has 0 fully saturated rings. The second-order valence-corrected chi connectivity index (χ2v) is 9.81. The average Bonchev–Trinajstić information content (AvgIpc) is 2.81.